The monoisotopic (exact) mass is 334 g/mol. The van der Waals surface area contributed by atoms with Crippen LogP contribution in [-0.4, -0.2) is 29.7 Å². The van der Waals surface area contributed by atoms with Crippen molar-refractivity contribution in [2.45, 2.75) is 78.4 Å². The maximum Gasteiger partial charge on any atom is 0.159 e. The molecule has 2 fully saturated rings. The highest BCUT2D eigenvalue weighted by Crippen LogP contribution is 2.62. The van der Waals surface area contributed by atoms with E-state index in [0.717, 1.165) is 31.3 Å². The van der Waals surface area contributed by atoms with Gasteiger partial charge in [-0.1, -0.05) is 34.6 Å². The summed E-state index contributed by atoms with van der Waals surface area (Å²) in [5, 5.41) is 10.5. The summed E-state index contributed by atoms with van der Waals surface area (Å²) in [6.45, 7) is 11.0. The molecular weight excluding hydrogens is 300 g/mol. The fraction of sp³-hybridized carbons (Fsp3) is 0.857. The van der Waals surface area contributed by atoms with Crippen LogP contribution in [0.3, 0.4) is 0 Å². The minimum atomic E-state index is -0.300. The summed E-state index contributed by atoms with van der Waals surface area (Å²) in [4.78, 5) is 13.0. The third kappa shape index (κ3) is 2.34. The molecule has 3 rings (SSSR count). The molecule has 3 nitrogen and oxygen atoms in total. The van der Waals surface area contributed by atoms with Gasteiger partial charge in [-0.3, -0.25) is 4.79 Å². The Hall–Kier alpha value is -0.670. The zero-order chi connectivity index (χ0) is 17.9. The third-order valence-corrected chi connectivity index (χ3v) is 7.97. The van der Waals surface area contributed by atoms with Gasteiger partial charge in [0.1, 0.15) is 0 Å². The number of aliphatic hydroxyl groups is 1. The Balaban J connectivity index is 2.04. The van der Waals surface area contributed by atoms with Gasteiger partial charge in [0.2, 0.25) is 0 Å². The summed E-state index contributed by atoms with van der Waals surface area (Å²) >= 11 is 0. The molecule has 24 heavy (non-hydrogen) atoms. The van der Waals surface area contributed by atoms with Gasteiger partial charge >= 0.3 is 0 Å². The Kier molecular flexibility index (Phi) is 4.28. The Labute approximate surface area is 146 Å². The maximum atomic E-state index is 13.0. The Morgan fingerprint density at radius 3 is 2.46 bits per heavy atom. The molecule has 3 aliphatic carbocycles. The molecule has 0 aromatic rings. The highest BCUT2D eigenvalue weighted by molar-refractivity contribution is 5.97. The van der Waals surface area contributed by atoms with Gasteiger partial charge in [0.15, 0.2) is 5.78 Å². The topological polar surface area (TPSA) is 46.5 Å². The van der Waals surface area contributed by atoms with Crippen LogP contribution in [-0.2, 0) is 9.53 Å². The second-order valence-corrected chi connectivity index (χ2v) is 9.57. The number of hydrogen-bond acceptors (Lipinski definition) is 3. The molecule has 0 spiro atoms. The third-order valence-electron chi connectivity index (χ3n) is 7.97. The van der Waals surface area contributed by atoms with Crippen LogP contribution in [0.25, 0.3) is 0 Å². The fourth-order valence-corrected chi connectivity index (χ4v) is 6.07. The van der Waals surface area contributed by atoms with E-state index >= 15 is 0 Å². The lowest BCUT2D eigenvalue weighted by atomic mass is 9.45. The van der Waals surface area contributed by atoms with Crippen molar-refractivity contribution in [3.8, 4) is 0 Å². The van der Waals surface area contributed by atoms with Crippen molar-refractivity contribution in [3.05, 3.63) is 11.6 Å². The van der Waals surface area contributed by atoms with Crippen molar-refractivity contribution in [2.24, 2.45) is 28.6 Å². The van der Waals surface area contributed by atoms with E-state index in [1.165, 1.54) is 0 Å². The van der Waals surface area contributed by atoms with Gasteiger partial charge in [-0.25, -0.2) is 0 Å². The zero-order valence-corrected chi connectivity index (χ0v) is 16.2. The number of methoxy groups -OCH3 is 1. The predicted molar refractivity (Wildman–Crippen MR) is 95.6 cm³/mol. The second-order valence-electron chi connectivity index (χ2n) is 9.57. The number of fused-ring (bicyclic) bond motifs is 3. The van der Waals surface area contributed by atoms with Gasteiger partial charge < -0.3 is 9.84 Å². The maximum absolute atomic E-state index is 13.0. The normalized spacial score (nSPS) is 44.8. The van der Waals surface area contributed by atoms with Crippen LogP contribution in [0.4, 0.5) is 0 Å². The lowest BCUT2D eigenvalue weighted by molar-refractivity contribution is -0.149. The summed E-state index contributed by atoms with van der Waals surface area (Å²) in [6.07, 6.45) is 6.30. The van der Waals surface area contributed by atoms with E-state index in [-0.39, 0.29) is 34.2 Å². The first-order valence-electron chi connectivity index (χ1n) is 9.57. The highest BCUT2D eigenvalue weighted by atomic mass is 16.5. The van der Waals surface area contributed by atoms with Gasteiger partial charge in [0, 0.05) is 13.5 Å². The lowest BCUT2D eigenvalue weighted by Gasteiger charge is -2.60. The van der Waals surface area contributed by atoms with E-state index in [1.54, 1.807) is 7.11 Å². The minimum Gasteiger partial charge on any atom is -0.393 e. The lowest BCUT2D eigenvalue weighted by Crippen LogP contribution is -2.58. The average Bonchev–Trinajstić information content (AvgIpc) is 2.54. The smallest absolute Gasteiger partial charge is 0.159 e. The van der Waals surface area contributed by atoms with E-state index in [4.69, 9.17) is 4.74 Å². The molecule has 1 N–H and O–H groups in total. The van der Waals surface area contributed by atoms with Crippen LogP contribution in [0.2, 0.25) is 0 Å². The van der Waals surface area contributed by atoms with Crippen molar-refractivity contribution in [1.29, 1.82) is 0 Å². The van der Waals surface area contributed by atoms with Crippen LogP contribution in [0, 0.1) is 28.6 Å². The van der Waals surface area contributed by atoms with Gasteiger partial charge in [-0.05, 0) is 65.9 Å². The molecule has 136 valence electrons. The van der Waals surface area contributed by atoms with Crippen molar-refractivity contribution in [1.82, 2.24) is 0 Å². The van der Waals surface area contributed by atoms with Crippen molar-refractivity contribution in [3.63, 3.8) is 0 Å². The number of ether oxygens (including phenoxy) is 1. The molecule has 5 atom stereocenters. The van der Waals surface area contributed by atoms with Gasteiger partial charge in [0.05, 0.1) is 11.7 Å². The molecule has 0 heterocycles. The molecular formula is C21H34O3. The minimum absolute atomic E-state index is 0.110. The first-order chi connectivity index (χ1) is 11.1. The molecule has 2 saturated carbocycles. The molecule has 0 aromatic carbocycles. The summed E-state index contributed by atoms with van der Waals surface area (Å²) in [5.41, 5.74) is 0.637. The average molecular weight is 335 g/mol. The molecule has 0 radical (unpaired) electrons. The quantitative estimate of drug-likeness (QED) is 0.825. The van der Waals surface area contributed by atoms with Gasteiger partial charge in [-0.15, -0.1) is 0 Å². The predicted octanol–water partition coefficient (Wildman–Crippen LogP) is 4.14. The first-order valence-corrected chi connectivity index (χ1v) is 9.57. The molecule has 0 saturated heterocycles. The van der Waals surface area contributed by atoms with Gasteiger partial charge in [-0.2, -0.15) is 0 Å². The van der Waals surface area contributed by atoms with E-state index in [9.17, 15) is 9.90 Å². The fourth-order valence-electron chi connectivity index (χ4n) is 6.07. The van der Waals surface area contributed by atoms with Gasteiger partial charge in [0.25, 0.3) is 0 Å². The van der Waals surface area contributed by atoms with Crippen molar-refractivity contribution < 1.29 is 14.6 Å². The molecule has 0 aliphatic heterocycles. The molecule has 0 bridgehead atoms. The van der Waals surface area contributed by atoms with Crippen LogP contribution in [0.1, 0.15) is 66.7 Å². The van der Waals surface area contributed by atoms with Crippen molar-refractivity contribution >= 4 is 5.78 Å². The summed E-state index contributed by atoms with van der Waals surface area (Å²) in [6, 6.07) is 0. The number of carbonyl (C=O) groups is 1. The Morgan fingerprint density at radius 2 is 1.88 bits per heavy atom. The highest BCUT2D eigenvalue weighted by Gasteiger charge is 2.59. The number of aliphatic hydroxyl groups excluding tert-OH is 1. The van der Waals surface area contributed by atoms with Crippen LogP contribution >= 0.6 is 0 Å². The standard InChI is InChI=1S/C21H34O3/c1-13(2)21(24-6)10-7-15-14(12-21)16(22)11-17-19(3,4)18(23)8-9-20(15,17)5/h12-13,15,17-18,23H,7-11H2,1-6H3/t15-,17-,18-,20+,21-/m1/s1. The number of Topliss-reactive ketones (excluding diaryl/α,β-unsaturated/α-hetero) is 1. The van der Waals surface area contributed by atoms with E-state index in [1.807, 2.05) is 0 Å². The summed E-state index contributed by atoms with van der Waals surface area (Å²) < 4.78 is 5.90. The van der Waals surface area contributed by atoms with E-state index in [0.29, 0.717) is 18.3 Å². The van der Waals surface area contributed by atoms with E-state index in [2.05, 4.69) is 40.7 Å². The largest absolute Gasteiger partial charge is 0.393 e. The zero-order valence-electron chi connectivity index (χ0n) is 16.2. The van der Waals surface area contributed by atoms with Crippen LogP contribution in [0.5, 0.6) is 0 Å². The summed E-state index contributed by atoms with van der Waals surface area (Å²) in [5.74, 6) is 1.22. The SMILES string of the molecule is CO[C@@]1(C(C)C)C=C2C(=O)C[C@@H]3C(C)(C)[C@H](O)CC[C@@]3(C)[C@@H]2CC1. The first kappa shape index (κ1) is 18.1. The Morgan fingerprint density at radius 1 is 1.21 bits per heavy atom. The molecule has 3 aliphatic rings. The number of ketones is 1. The van der Waals surface area contributed by atoms with Crippen LogP contribution < -0.4 is 0 Å². The second kappa shape index (κ2) is 5.67. The Bertz CT molecular complexity index is 561. The van der Waals surface area contributed by atoms with E-state index < -0.39 is 0 Å². The van der Waals surface area contributed by atoms with Crippen molar-refractivity contribution in [2.75, 3.05) is 7.11 Å². The number of rotatable bonds is 2. The number of allylic oxidation sites excluding steroid dienone is 1. The number of hydrogen-bond donors (Lipinski definition) is 1. The summed E-state index contributed by atoms with van der Waals surface area (Å²) in [7, 11) is 1.77. The molecule has 0 amide bonds. The molecule has 3 heteroatoms. The number of carbonyl (C=O) groups excluding carboxylic acids is 1. The molecule has 0 unspecified atom stereocenters. The van der Waals surface area contributed by atoms with Crippen LogP contribution in [0.15, 0.2) is 11.6 Å². The molecule has 0 aromatic heterocycles.